The predicted molar refractivity (Wildman–Crippen MR) is 97.6 cm³/mol. The van der Waals surface area contributed by atoms with Crippen molar-refractivity contribution in [2.75, 3.05) is 31.2 Å². The third-order valence-electron chi connectivity index (χ3n) is 3.53. The van der Waals surface area contributed by atoms with Gasteiger partial charge in [-0.3, -0.25) is 4.79 Å². The standard InChI is InChI=1S/C19H20ClNO3/c20-17-7-4-15(5-8-17)6-9-19(24)16-2-1-3-18(14-16)21(10-12-22)11-13-23/h1-9,14,22-23H,10-13H2/b9-6+. The highest BCUT2D eigenvalue weighted by Gasteiger charge is 2.08. The number of carbonyl (C=O) groups excluding carboxylic acids is 1. The highest BCUT2D eigenvalue weighted by atomic mass is 35.5. The number of rotatable bonds is 8. The van der Waals surface area contributed by atoms with Gasteiger partial charge in [-0.1, -0.05) is 41.9 Å². The van der Waals surface area contributed by atoms with Crippen molar-refractivity contribution in [1.82, 2.24) is 0 Å². The average molecular weight is 346 g/mol. The fourth-order valence-electron chi connectivity index (χ4n) is 2.31. The van der Waals surface area contributed by atoms with Gasteiger partial charge in [-0.2, -0.15) is 0 Å². The number of aliphatic hydroxyl groups is 2. The molecule has 0 saturated carbocycles. The highest BCUT2D eigenvalue weighted by molar-refractivity contribution is 6.30. The second-order valence-corrected chi connectivity index (χ2v) is 5.67. The van der Waals surface area contributed by atoms with Crippen molar-refractivity contribution >= 4 is 29.1 Å². The molecule has 126 valence electrons. The molecule has 2 N–H and O–H groups in total. The molecule has 24 heavy (non-hydrogen) atoms. The van der Waals surface area contributed by atoms with E-state index in [9.17, 15) is 4.79 Å². The fourth-order valence-corrected chi connectivity index (χ4v) is 2.44. The second kappa shape index (κ2) is 9.23. The molecule has 2 aromatic carbocycles. The number of aliphatic hydroxyl groups excluding tert-OH is 2. The van der Waals surface area contributed by atoms with Gasteiger partial charge in [0.15, 0.2) is 5.78 Å². The molecule has 0 unspecified atom stereocenters. The Hall–Kier alpha value is -2.14. The van der Waals surface area contributed by atoms with Crippen molar-refractivity contribution in [2.45, 2.75) is 0 Å². The molecule has 0 heterocycles. The van der Waals surface area contributed by atoms with Crippen molar-refractivity contribution in [1.29, 1.82) is 0 Å². The van der Waals surface area contributed by atoms with Crippen LogP contribution in [0.2, 0.25) is 5.02 Å². The minimum atomic E-state index is -0.111. The summed E-state index contributed by atoms with van der Waals surface area (Å²) in [5, 5.41) is 18.9. The van der Waals surface area contributed by atoms with Gasteiger partial charge in [-0.15, -0.1) is 0 Å². The number of hydrogen-bond acceptors (Lipinski definition) is 4. The van der Waals surface area contributed by atoms with Gasteiger partial charge in [-0.25, -0.2) is 0 Å². The quantitative estimate of drug-likeness (QED) is 0.570. The van der Waals surface area contributed by atoms with Crippen LogP contribution in [0.25, 0.3) is 6.08 Å². The molecule has 0 radical (unpaired) electrons. The van der Waals surface area contributed by atoms with Crippen LogP contribution in [0.1, 0.15) is 15.9 Å². The van der Waals surface area contributed by atoms with Crippen LogP contribution in [0.3, 0.4) is 0 Å². The first-order chi connectivity index (χ1) is 11.6. The summed E-state index contributed by atoms with van der Waals surface area (Å²) in [5.74, 6) is -0.111. The lowest BCUT2D eigenvalue weighted by molar-refractivity contribution is 0.104. The molecule has 0 spiro atoms. The third kappa shape index (κ3) is 5.20. The van der Waals surface area contributed by atoms with E-state index in [4.69, 9.17) is 21.8 Å². The minimum absolute atomic E-state index is 0.0192. The average Bonchev–Trinajstić information content (AvgIpc) is 2.61. The van der Waals surface area contributed by atoms with Gasteiger partial charge in [-0.05, 0) is 35.9 Å². The van der Waals surface area contributed by atoms with Crippen molar-refractivity contribution in [3.63, 3.8) is 0 Å². The van der Waals surface area contributed by atoms with E-state index in [-0.39, 0.29) is 19.0 Å². The van der Waals surface area contributed by atoms with E-state index in [2.05, 4.69) is 0 Å². The minimum Gasteiger partial charge on any atom is -0.395 e. The normalized spacial score (nSPS) is 11.0. The topological polar surface area (TPSA) is 60.8 Å². The van der Waals surface area contributed by atoms with Gasteiger partial charge in [0.1, 0.15) is 0 Å². The zero-order valence-corrected chi connectivity index (χ0v) is 14.0. The Balaban J connectivity index is 2.14. The molecule has 0 saturated heterocycles. The zero-order valence-electron chi connectivity index (χ0n) is 13.2. The van der Waals surface area contributed by atoms with E-state index >= 15 is 0 Å². The van der Waals surface area contributed by atoms with Crippen LogP contribution >= 0.6 is 11.6 Å². The highest BCUT2D eigenvalue weighted by Crippen LogP contribution is 2.17. The molecule has 5 heteroatoms. The number of nitrogens with zero attached hydrogens (tertiary/aromatic N) is 1. The Kier molecular flexibility index (Phi) is 7.00. The van der Waals surface area contributed by atoms with Crippen LogP contribution in [0.15, 0.2) is 54.6 Å². The first-order valence-corrected chi connectivity index (χ1v) is 8.06. The summed E-state index contributed by atoms with van der Waals surface area (Å²) in [6, 6.07) is 14.4. The summed E-state index contributed by atoms with van der Waals surface area (Å²) < 4.78 is 0. The maximum atomic E-state index is 12.3. The van der Waals surface area contributed by atoms with Gasteiger partial charge in [0.25, 0.3) is 0 Å². The van der Waals surface area contributed by atoms with E-state index in [1.807, 2.05) is 23.1 Å². The Labute approximate surface area is 146 Å². The summed E-state index contributed by atoms with van der Waals surface area (Å²) in [7, 11) is 0. The van der Waals surface area contributed by atoms with Crippen molar-refractivity contribution in [3.05, 3.63) is 70.8 Å². The summed E-state index contributed by atoms with van der Waals surface area (Å²) in [6.45, 7) is 0.765. The van der Waals surface area contributed by atoms with E-state index in [0.717, 1.165) is 11.3 Å². The van der Waals surface area contributed by atoms with Gasteiger partial charge in [0.2, 0.25) is 0 Å². The van der Waals surface area contributed by atoms with E-state index in [0.29, 0.717) is 23.7 Å². The molecular weight excluding hydrogens is 326 g/mol. The fraction of sp³-hybridized carbons (Fsp3) is 0.211. The Morgan fingerprint density at radius 3 is 2.33 bits per heavy atom. The monoisotopic (exact) mass is 345 g/mol. The van der Waals surface area contributed by atoms with Gasteiger partial charge in [0.05, 0.1) is 13.2 Å². The number of benzene rings is 2. The lowest BCUT2D eigenvalue weighted by atomic mass is 10.1. The van der Waals surface area contributed by atoms with Crippen LogP contribution in [0.4, 0.5) is 5.69 Å². The molecule has 2 aromatic rings. The van der Waals surface area contributed by atoms with Crippen molar-refractivity contribution < 1.29 is 15.0 Å². The Morgan fingerprint density at radius 1 is 1.04 bits per heavy atom. The molecule has 0 fully saturated rings. The Morgan fingerprint density at radius 2 is 1.71 bits per heavy atom. The van der Waals surface area contributed by atoms with Gasteiger partial charge in [0, 0.05) is 29.4 Å². The molecule has 4 nitrogen and oxygen atoms in total. The number of allylic oxidation sites excluding steroid dienone is 1. The van der Waals surface area contributed by atoms with E-state index in [1.54, 1.807) is 36.4 Å². The van der Waals surface area contributed by atoms with Crippen molar-refractivity contribution in [3.8, 4) is 0 Å². The third-order valence-corrected chi connectivity index (χ3v) is 3.78. The number of ketones is 1. The molecule has 0 amide bonds. The maximum Gasteiger partial charge on any atom is 0.185 e. The predicted octanol–water partition coefficient (Wildman–Crippen LogP) is 3.03. The molecule has 0 aliphatic heterocycles. The summed E-state index contributed by atoms with van der Waals surface area (Å²) in [5.41, 5.74) is 2.24. The number of hydrogen-bond donors (Lipinski definition) is 2. The molecule has 0 aliphatic carbocycles. The first-order valence-electron chi connectivity index (χ1n) is 7.69. The van der Waals surface area contributed by atoms with E-state index in [1.165, 1.54) is 6.08 Å². The van der Waals surface area contributed by atoms with Crippen LogP contribution in [0.5, 0.6) is 0 Å². The number of carbonyl (C=O) groups is 1. The summed E-state index contributed by atoms with van der Waals surface area (Å²) in [6.07, 6.45) is 3.26. The smallest absolute Gasteiger partial charge is 0.185 e. The second-order valence-electron chi connectivity index (χ2n) is 5.23. The molecular formula is C19H20ClNO3. The molecule has 0 aliphatic rings. The van der Waals surface area contributed by atoms with Gasteiger partial charge < -0.3 is 15.1 Å². The summed E-state index contributed by atoms with van der Waals surface area (Å²) >= 11 is 5.84. The summed E-state index contributed by atoms with van der Waals surface area (Å²) in [4.78, 5) is 14.2. The van der Waals surface area contributed by atoms with Crippen LogP contribution < -0.4 is 4.90 Å². The van der Waals surface area contributed by atoms with Gasteiger partial charge >= 0.3 is 0 Å². The maximum absolute atomic E-state index is 12.3. The van der Waals surface area contributed by atoms with Crippen molar-refractivity contribution in [2.24, 2.45) is 0 Å². The SMILES string of the molecule is O=C(/C=C/c1ccc(Cl)cc1)c1cccc(N(CCO)CCO)c1. The molecule has 2 rings (SSSR count). The first kappa shape index (κ1) is 18.2. The lowest BCUT2D eigenvalue weighted by Crippen LogP contribution is -2.29. The number of anilines is 1. The van der Waals surface area contributed by atoms with Crippen LogP contribution in [-0.2, 0) is 0 Å². The lowest BCUT2D eigenvalue weighted by Gasteiger charge is -2.23. The van der Waals surface area contributed by atoms with Crippen LogP contribution in [-0.4, -0.2) is 42.3 Å². The molecule has 0 bridgehead atoms. The van der Waals surface area contributed by atoms with Crippen LogP contribution in [0, 0.1) is 0 Å². The van der Waals surface area contributed by atoms with E-state index < -0.39 is 0 Å². The largest absolute Gasteiger partial charge is 0.395 e. The Bertz CT molecular complexity index is 692. The molecule has 0 aromatic heterocycles. The number of halogens is 1. The zero-order chi connectivity index (χ0) is 17.4. The molecule has 0 atom stereocenters.